The third-order valence-corrected chi connectivity index (χ3v) is 5.11. The van der Waals surface area contributed by atoms with Gasteiger partial charge in [-0.1, -0.05) is 12.8 Å². The standard InChI is InChI=1S/C20H26N6O3/c1-13(23-20(29)15-5-3-4-6-15)18(27)24-16-7-9-17(10-8-16)25-19(28)14(2)26-12-21-11-22-26/h7-15H,3-6H2,1-2H3,(H,23,29)(H,24,27)(H,25,28)/t13-,14-/m1/s1. The summed E-state index contributed by atoms with van der Waals surface area (Å²) >= 11 is 0. The normalized spacial score (nSPS) is 16.1. The molecule has 9 nitrogen and oxygen atoms in total. The van der Waals surface area contributed by atoms with Gasteiger partial charge in [0, 0.05) is 17.3 Å². The summed E-state index contributed by atoms with van der Waals surface area (Å²) in [5, 5.41) is 12.3. The van der Waals surface area contributed by atoms with Gasteiger partial charge in [0.2, 0.25) is 17.7 Å². The minimum absolute atomic E-state index is 0.0214. The predicted octanol–water partition coefficient (Wildman–Crippen LogP) is 2.11. The Kier molecular flexibility index (Phi) is 6.58. The van der Waals surface area contributed by atoms with E-state index in [1.807, 2.05) is 0 Å². The van der Waals surface area contributed by atoms with Crippen LogP contribution in [0.2, 0.25) is 0 Å². The van der Waals surface area contributed by atoms with Crippen LogP contribution in [-0.4, -0.2) is 38.5 Å². The molecule has 2 aromatic rings. The predicted molar refractivity (Wildman–Crippen MR) is 108 cm³/mol. The van der Waals surface area contributed by atoms with E-state index >= 15 is 0 Å². The number of hydrogen-bond acceptors (Lipinski definition) is 5. The van der Waals surface area contributed by atoms with Crippen LogP contribution in [0.15, 0.2) is 36.9 Å². The fourth-order valence-electron chi connectivity index (χ4n) is 3.26. The minimum atomic E-state index is -0.619. The number of nitrogens with one attached hydrogen (secondary N) is 3. The molecule has 1 aromatic heterocycles. The molecule has 0 bridgehead atoms. The molecule has 3 amide bonds. The monoisotopic (exact) mass is 398 g/mol. The Morgan fingerprint density at radius 1 is 1.00 bits per heavy atom. The molecule has 0 aliphatic heterocycles. The van der Waals surface area contributed by atoms with Crippen LogP contribution in [-0.2, 0) is 14.4 Å². The Balaban J connectivity index is 1.49. The Bertz CT molecular complexity index is 844. The zero-order chi connectivity index (χ0) is 20.8. The topological polar surface area (TPSA) is 118 Å². The molecule has 154 valence electrons. The molecule has 3 N–H and O–H groups in total. The van der Waals surface area contributed by atoms with Gasteiger partial charge in [-0.05, 0) is 51.0 Å². The fraction of sp³-hybridized carbons (Fsp3) is 0.450. The quantitative estimate of drug-likeness (QED) is 0.660. The number of carbonyl (C=O) groups excluding carboxylic acids is 3. The van der Waals surface area contributed by atoms with Crippen LogP contribution in [0.3, 0.4) is 0 Å². The SMILES string of the molecule is C[C@H](C(=O)Nc1ccc(NC(=O)[C@@H](C)NC(=O)C2CCCC2)cc1)n1cncn1. The van der Waals surface area contributed by atoms with Crippen molar-refractivity contribution in [3.05, 3.63) is 36.9 Å². The van der Waals surface area contributed by atoms with Gasteiger partial charge in [0.15, 0.2) is 0 Å². The van der Waals surface area contributed by atoms with Crippen molar-refractivity contribution in [1.29, 1.82) is 0 Å². The van der Waals surface area contributed by atoms with Crippen molar-refractivity contribution in [3.63, 3.8) is 0 Å². The number of anilines is 2. The Morgan fingerprint density at radius 2 is 1.59 bits per heavy atom. The maximum Gasteiger partial charge on any atom is 0.249 e. The van der Waals surface area contributed by atoms with Crippen molar-refractivity contribution in [1.82, 2.24) is 20.1 Å². The van der Waals surface area contributed by atoms with E-state index in [1.165, 1.54) is 17.3 Å². The van der Waals surface area contributed by atoms with E-state index in [-0.39, 0.29) is 23.6 Å². The highest BCUT2D eigenvalue weighted by molar-refractivity contribution is 5.98. The summed E-state index contributed by atoms with van der Waals surface area (Å²) in [4.78, 5) is 40.6. The van der Waals surface area contributed by atoms with Gasteiger partial charge in [0.25, 0.3) is 0 Å². The molecular formula is C20H26N6O3. The van der Waals surface area contributed by atoms with Crippen LogP contribution in [0.1, 0.15) is 45.6 Å². The van der Waals surface area contributed by atoms with E-state index in [2.05, 4.69) is 26.0 Å². The van der Waals surface area contributed by atoms with E-state index in [0.29, 0.717) is 11.4 Å². The Hall–Kier alpha value is -3.23. The van der Waals surface area contributed by atoms with Crippen molar-refractivity contribution in [3.8, 4) is 0 Å². The maximum absolute atomic E-state index is 12.3. The summed E-state index contributed by atoms with van der Waals surface area (Å²) in [7, 11) is 0. The van der Waals surface area contributed by atoms with Gasteiger partial charge in [0.1, 0.15) is 24.7 Å². The summed E-state index contributed by atoms with van der Waals surface area (Å²) in [5.74, 6) is -0.541. The molecule has 1 aromatic carbocycles. The molecular weight excluding hydrogens is 372 g/mol. The van der Waals surface area contributed by atoms with Gasteiger partial charge in [-0.15, -0.1) is 0 Å². The lowest BCUT2D eigenvalue weighted by molar-refractivity contribution is -0.128. The van der Waals surface area contributed by atoms with E-state index in [0.717, 1.165) is 25.7 Å². The van der Waals surface area contributed by atoms with Crippen LogP contribution in [0.4, 0.5) is 11.4 Å². The highest BCUT2D eigenvalue weighted by atomic mass is 16.2. The van der Waals surface area contributed by atoms with Crippen LogP contribution in [0.25, 0.3) is 0 Å². The molecule has 1 fully saturated rings. The summed E-state index contributed by atoms with van der Waals surface area (Å²) in [5.41, 5.74) is 1.18. The second-order valence-electron chi connectivity index (χ2n) is 7.32. The molecule has 0 spiro atoms. The van der Waals surface area contributed by atoms with E-state index in [9.17, 15) is 14.4 Å². The number of amides is 3. The van der Waals surface area contributed by atoms with Gasteiger partial charge >= 0.3 is 0 Å². The maximum atomic E-state index is 12.3. The summed E-state index contributed by atoms with van der Waals surface area (Å²) < 4.78 is 1.46. The highest BCUT2D eigenvalue weighted by Crippen LogP contribution is 2.24. The zero-order valence-corrected chi connectivity index (χ0v) is 16.6. The molecule has 1 aliphatic carbocycles. The van der Waals surface area contributed by atoms with Gasteiger partial charge < -0.3 is 16.0 Å². The number of carbonyl (C=O) groups is 3. The van der Waals surface area contributed by atoms with Gasteiger partial charge in [-0.3, -0.25) is 14.4 Å². The van der Waals surface area contributed by atoms with Gasteiger partial charge in [-0.2, -0.15) is 5.10 Å². The molecule has 1 saturated carbocycles. The van der Waals surface area contributed by atoms with E-state index in [1.54, 1.807) is 38.1 Å². The lowest BCUT2D eigenvalue weighted by Crippen LogP contribution is -2.43. The third-order valence-electron chi connectivity index (χ3n) is 5.11. The largest absolute Gasteiger partial charge is 0.344 e. The fourth-order valence-corrected chi connectivity index (χ4v) is 3.26. The average molecular weight is 398 g/mol. The molecule has 1 aliphatic rings. The Labute approximate surface area is 169 Å². The number of aromatic nitrogens is 3. The van der Waals surface area contributed by atoms with E-state index < -0.39 is 12.1 Å². The number of hydrogen-bond donors (Lipinski definition) is 3. The van der Waals surface area contributed by atoms with Gasteiger partial charge in [-0.25, -0.2) is 9.67 Å². The first-order chi connectivity index (χ1) is 13.9. The van der Waals surface area contributed by atoms with E-state index in [4.69, 9.17) is 0 Å². The van der Waals surface area contributed by atoms with Crippen LogP contribution < -0.4 is 16.0 Å². The zero-order valence-electron chi connectivity index (χ0n) is 16.6. The summed E-state index contributed by atoms with van der Waals surface area (Å²) in [6.45, 7) is 3.39. The van der Waals surface area contributed by atoms with Crippen LogP contribution in [0.5, 0.6) is 0 Å². The number of benzene rings is 1. The molecule has 0 unspecified atom stereocenters. The lowest BCUT2D eigenvalue weighted by atomic mass is 10.1. The molecule has 0 saturated heterocycles. The van der Waals surface area contributed by atoms with Gasteiger partial charge in [0.05, 0.1) is 0 Å². The molecule has 3 rings (SSSR count). The van der Waals surface area contributed by atoms with Crippen LogP contribution in [0, 0.1) is 5.92 Å². The van der Waals surface area contributed by atoms with Crippen LogP contribution >= 0.6 is 0 Å². The van der Waals surface area contributed by atoms with Crippen molar-refractivity contribution in [2.45, 2.75) is 51.6 Å². The summed E-state index contributed by atoms with van der Waals surface area (Å²) in [6.07, 6.45) is 6.78. The average Bonchev–Trinajstić information content (AvgIpc) is 3.42. The minimum Gasteiger partial charge on any atom is -0.344 e. The number of rotatable bonds is 7. The summed E-state index contributed by atoms with van der Waals surface area (Å²) in [6, 6.07) is 5.66. The highest BCUT2D eigenvalue weighted by Gasteiger charge is 2.25. The molecule has 29 heavy (non-hydrogen) atoms. The molecule has 9 heteroatoms. The van der Waals surface area contributed by atoms with Crippen molar-refractivity contribution >= 4 is 29.1 Å². The molecule has 1 heterocycles. The number of nitrogens with zero attached hydrogens (tertiary/aromatic N) is 3. The third kappa shape index (κ3) is 5.40. The Morgan fingerprint density at radius 3 is 2.14 bits per heavy atom. The van der Waals surface area contributed by atoms with Crippen molar-refractivity contribution in [2.75, 3.05) is 10.6 Å². The second kappa shape index (κ2) is 9.31. The molecule has 2 atom stereocenters. The lowest BCUT2D eigenvalue weighted by Gasteiger charge is -2.17. The first-order valence-electron chi connectivity index (χ1n) is 9.80. The smallest absolute Gasteiger partial charge is 0.249 e. The molecule has 0 radical (unpaired) electrons. The first-order valence-corrected chi connectivity index (χ1v) is 9.80. The van der Waals surface area contributed by atoms with Crippen molar-refractivity contribution in [2.24, 2.45) is 5.92 Å². The van der Waals surface area contributed by atoms with Crippen molar-refractivity contribution < 1.29 is 14.4 Å². The first kappa shape index (κ1) is 20.5. The second-order valence-corrected chi connectivity index (χ2v) is 7.32.